The van der Waals surface area contributed by atoms with E-state index in [1.54, 1.807) is 70.5 Å². The molecule has 12 heteroatoms. The zero-order valence-corrected chi connectivity index (χ0v) is 26.2. The molecule has 0 aliphatic carbocycles. The van der Waals surface area contributed by atoms with Gasteiger partial charge in [-0.25, -0.2) is 18.2 Å². The minimum absolute atomic E-state index is 0.198. The van der Waals surface area contributed by atoms with Crippen molar-refractivity contribution in [2.75, 3.05) is 31.0 Å². The van der Waals surface area contributed by atoms with Crippen molar-refractivity contribution in [2.45, 2.75) is 42.8 Å². The number of anilines is 2. The molecule has 3 N–H and O–H groups in total. The number of ether oxygens (including phenoxy) is 3. The summed E-state index contributed by atoms with van der Waals surface area (Å²) in [5, 5.41) is 5.47. The van der Waals surface area contributed by atoms with Crippen LogP contribution in [0, 0.1) is 10.6 Å². The van der Waals surface area contributed by atoms with Gasteiger partial charge in [-0.1, -0.05) is 18.2 Å². The average Bonchev–Trinajstić information content (AvgIpc) is 3.00. The van der Waals surface area contributed by atoms with Crippen molar-refractivity contribution < 1.29 is 32.4 Å². The summed E-state index contributed by atoms with van der Waals surface area (Å²) in [6.45, 7) is 6.25. The fourth-order valence-corrected chi connectivity index (χ4v) is 5.47. The minimum Gasteiger partial charge on any atom is -0.444 e. The lowest BCUT2D eigenvalue weighted by Gasteiger charge is -2.21. The highest BCUT2D eigenvalue weighted by molar-refractivity contribution is 7.92. The lowest BCUT2D eigenvalue weighted by molar-refractivity contribution is 0.0615. The number of amides is 2. The molecule has 1 heterocycles. The highest BCUT2D eigenvalue weighted by Crippen LogP contribution is 2.31. The van der Waals surface area contributed by atoms with Crippen LogP contribution in [0.15, 0.2) is 95.0 Å². The number of aromatic nitrogens is 1. The molecule has 1 unspecified atom stereocenters. The topological polar surface area (TPSA) is 140 Å². The zero-order chi connectivity index (χ0) is 32.6. The Morgan fingerprint density at radius 1 is 0.867 bits per heavy atom. The number of nitrogens with one attached hydrogen (secondary N) is 3. The van der Waals surface area contributed by atoms with Gasteiger partial charge in [0, 0.05) is 25.1 Å². The van der Waals surface area contributed by atoms with Crippen LogP contribution in [0.4, 0.5) is 20.6 Å². The molecule has 1 atom stereocenters. The van der Waals surface area contributed by atoms with Gasteiger partial charge in [-0.15, -0.1) is 0 Å². The van der Waals surface area contributed by atoms with E-state index >= 15 is 0 Å². The van der Waals surface area contributed by atoms with Crippen LogP contribution in [-0.4, -0.2) is 47.1 Å². The van der Waals surface area contributed by atoms with E-state index < -0.39 is 27.3 Å². The Balaban J connectivity index is 1.56. The fourth-order valence-electron chi connectivity index (χ4n) is 4.15. The second kappa shape index (κ2) is 14.4. The van der Waals surface area contributed by atoms with E-state index in [1.165, 1.54) is 42.6 Å². The van der Waals surface area contributed by atoms with Crippen molar-refractivity contribution in [3.8, 4) is 11.1 Å². The number of benzene rings is 3. The number of hydrogen-bond acceptors (Lipinski definition) is 8. The Kier molecular flexibility index (Phi) is 10.7. The molecule has 0 saturated carbocycles. The van der Waals surface area contributed by atoms with E-state index in [0.29, 0.717) is 29.9 Å². The number of hydrogen-bond donors (Lipinski definition) is 3. The summed E-state index contributed by atoms with van der Waals surface area (Å²) in [6, 6.07) is 18.3. The van der Waals surface area contributed by atoms with Gasteiger partial charge in [0.15, 0.2) is 0 Å². The maximum absolute atomic E-state index is 13.5. The summed E-state index contributed by atoms with van der Waals surface area (Å²) in [6.07, 6.45) is 2.25. The largest absolute Gasteiger partial charge is 0.444 e. The highest BCUT2D eigenvalue weighted by atomic mass is 32.2. The van der Waals surface area contributed by atoms with Crippen molar-refractivity contribution in [3.63, 3.8) is 0 Å². The lowest BCUT2D eigenvalue weighted by Crippen LogP contribution is -2.27. The molecule has 2 amide bonds. The van der Waals surface area contributed by atoms with Crippen molar-refractivity contribution in [2.24, 2.45) is 0 Å². The van der Waals surface area contributed by atoms with Gasteiger partial charge in [0.05, 0.1) is 41.0 Å². The third kappa shape index (κ3) is 9.17. The standard InChI is InChI=1S/C33H35FN4O6S/c1-33(2,3)44-32(40)38-29-14-9-25(23-5-10-26(34)11-6-23)18-30(29)37-31(39)24-7-12-27(13-8-24)45(35,41)28-17-22(19-36-20-28)21-43-16-15-42-4/h5-14,17-20,35H,15-16,21H2,1-4H3,(H,37,39)(H,38,40). The number of rotatable bonds is 11. The summed E-state index contributed by atoms with van der Waals surface area (Å²) in [5.74, 6) is -0.898. The summed E-state index contributed by atoms with van der Waals surface area (Å²) < 4.78 is 51.5. The Morgan fingerprint density at radius 3 is 2.22 bits per heavy atom. The number of nitrogens with zero attached hydrogens (tertiary/aromatic N) is 1. The molecular weight excluding hydrogens is 599 g/mol. The van der Waals surface area contributed by atoms with Crippen molar-refractivity contribution in [3.05, 3.63) is 102 Å². The molecule has 0 fully saturated rings. The van der Waals surface area contributed by atoms with Crippen LogP contribution in [0.25, 0.3) is 11.1 Å². The van der Waals surface area contributed by atoms with E-state index in [4.69, 9.17) is 19.0 Å². The van der Waals surface area contributed by atoms with E-state index in [1.807, 2.05) is 0 Å². The molecule has 0 aliphatic rings. The third-order valence-electron chi connectivity index (χ3n) is 6.33. The number of pyridine rings is 1. The molecule has 10 nitrogen and oxygen atoms in total. The number of carbonyl (C=O) groups excluding carboxylic acids is 2. The first kappa shape index (κ1) is 33.2. The Hall–Kier alpha value is -4.65. The SMILES string of the molecule is COCCOCc1cncc(S(=N)(=O)c2ccc(C(=O)Nc3cc(-c4ccc(F)cc4)ccc3NC(=O)OC(C)(C)C)cc2)c1. The Morgan fingerprint density at radius 2 is 1.56 bits per heavy atom. The van der Waals surface area contributed by atoms with E-state index in [-0.39, 0.29) is 39.2 Å². The molecule has 0 saturated heterocycles. The van der Waals surface area contributed by atoms with Gasteiger partial charge >= 0.3 is 6.09 Å². The van der Waals surface area contributed by atoms with Crippen LogP contribution in [0.1, 0.15) is 36.7 Å². The highest BCUT2D eigenvalue weighted by Gasteiger charge is 2.20. The van der Waals surface area contributed by atoms with E-state index in [9.17, 15) is 18.2 Å². The van der Waals surface area contributed by atoms with E-state index in [2.05, 4.69) is 15.6 Å². The molecule has 0 spiro atoms. The van der Waals surface area contributed by atoms with Gasteiger partial charge in [0.2, 0.25) is 0 Å². The molecular formula is C33H35FN4O6S. The third-order valence-corrected chi connectivity index (χ3v) is 8.15. The molecule has 3 aromatic carbocycles. The zero-order valence-electron chi connectivity index (χ0n) is 25.4. The number of methoxy groups -OCH3 is 1. The molecule has 4 aromatic rings. The Bertz CT molecular complexity index is 1760. The summed E-state index contributed by atoms with van der Waals surface area (Å²) in [5.41, 5.74) is 2.08. The molecule has 1 aromatic heterocycles. The normalized spacial score (nSPS) is 12.6. The molecule has 4 rings (SSSR count). The van der Waals surface area contributed by atoms with Gasteiger partial charge < -0.3 is 19.5 Å². The molecule has 0 radical (unpaired) electrons. The minimum atomic E-state index is -3.44. The second-order valence-electron chi connectivity index (χ2n) is 11.0. The van der Waals surface area contributed by atoms with Crippen LogP contribution < -0.4 is 10.6 Å². The van der Waals surface area contributed by atoms with Crippen molar-refractivity contribution >= 4 is 33.1 Å². The maximum Gasteiger partial charge on any atom is 0.412 e. The first-order valence-electron chi connectivity index (χ1n) is 14.0. The summed E-state index contributed by atoms with van der Waals surface area (Å²) >= 11 is 0. The molecule has 45 heavy (non-hydrogen) atoms. The van der Waals surface area contributed by atoms with Gasteiger partial charge in [-0.2, -0.15) is 0 Å². The van der Waals surface area contributed by atoms with Crippen molar-refractivity contribution in [1.82, 2.24) is 4.98 Å². The predicted molar refractivity (Wildman–Crippen MR) is 169 cm³/mol. The van der Waals surface area contributed by atoms with Crippen molar-refractivity contribution in [1.29, 1.82) is 4.78 Å². The van der Waals surface area contributed by atoms with Crippen LogP contribution in [0.2, 0.25) is 0 Å². The van der Waals surface area contributed by atoms with Crippen LogP contribution in [0.5, 0.6) is 0 Å². The smallest absolute Gasteiger partial charge is 0.412 e. The van der Waals surface area contributed by atoms with Crippen LogP contribution in [0.3, 0.4) is 0 Å². The first-order chi connectivity index (χ1) is 21.4. The van der Waals surface area contributed by atoms with Gasteiger partial charge in [0.1, 0.15) is 21.1 Å². The van der Waals surface area contributed by atoms with Crippen LogP contribution >= 0.6 is 0 Å². The average molecular weight is 635 g/mol. The van der Waals surface area contributed by atoms with Crippen LogP contribution in [-0.2, 0) is 30.5 Å². The molecule has 236 valence electrons. The molecule has 0 bridgehead atoms. The number of halogens is 1. The molecule has 0 aliphatic heterocycles. The first-order valence-corrected chi connectivity index (χ1v) is 15.5. The van der Waals surface area contributed by atoms with Gasteiger partial charge in [-0.3, -0.25) is 15.1 Å². The Labute approximate surface area is 261 Å². The predicted octanol–water partition coefficient (Wildman–Crippen LogP) is 7.11. The fraction of sp³-hybridized carbons (Fsp3) is 0.242. The summed E-state index contributed by atoms with van der Waals surface area (Å²) in [7, 11) is -1.86. The number of carbonyl (C=O) groups is 2. The monoisotopic (exact) mass is 634 g/mol. The van der Waals surface area contributed by atoms with E-state index in [0.717, 1.165) is 0 Å². The lowest BCUT2D eigenvalue weighted by atomic mass is 10.0. The maximum atomic E-state index is 13.5. The summed E-state index contributed by atoms with van der Waals surface area (Å²) in [4.78, 5) is 30.4. The van der Waals surface area contributed by atoms with Gasteiger partial charge in [0.25, 0.3) is 5.91 Å². The van der Waals surface area contributed by atoms with Gasteiger partial charge in [-0.05, 0) is 92.1 Å². The quantitative estimate of drug-likeness (QED) is 0.149. The second-order valence-corrected chi connectivity index (χ2v) is 13.1.